The molecule has 1 amide bonds. The molecule has 1 saturated carbocycles. The van der Waals surface area contributed by atoms with Crippen LogP contribution >= 0.6 is 0 Å². The van der Waals surface area contributed by atoms with E-state index in [0.29, 0.717) is 78.8 Å². The third-order valence-corrected chi connectivity index (χ3v) is 8.53. The minimum Gasteiger partial charge on any atom is -0.497 e. The molecule has 2 aliphatic heterocycles. The Balaban J connectivity index is 1.32. The molecule has 2 fully saturated rings. The summed E-state index contributed by atoms with van der Waals surface area (Å²) in [7, 11) is 5.16. The second-order valence-corrected chi connectivity index (χ2v) is 11.6. The number of amides is 1. The number of halogens is 1. The molecule has 3 aliphatic rings. The van der Waals surface area contributed by atoms with Crippen molar-refractivity contribution in [2.24, 2.45) is 0 Å². The van der Waals surface area contributed by atoms with Gasteiger partial charge < -0.3 is 39.4 Å². The average molecular weight is 634 g/mol. The molecule has 4 aromatic rings. The fraction of sp³-hybridized carbons (Fsp3) is 0.452. The smallest absolute Gasteiger partial charge is 0.328 e. The number of hydrogen-bond acceptors (Lipinski definition) is 12. The second kappa shape index (κ2) is 12.6. The lowest BCUT2D eigenvalue weighted by atomic mass is 10.1. The number of methoxy groups -OCH3 is 2. The highest BCUT2D eigenvalue weighted by Gasteiger charge is 2.37. The highest BCUT2D eigenvalue weighted by atomic mass is 19.1. The number of carbonyl (C=O) groups excluding carboxylic acids is 1. The van der Waals surface area contributed by atoms with Crippen LogP contribution in [0.25, 0.3) is 11.2 Å². The number of ether oxygens (including phenoxy) is 4. The maximum Gasteiger partial charge on any atom is 0.328 e. The molecule has 1 aliphatic carbocycles. The van der Waals surface area contributed by atoms with Crippen LogP contribution < -0.4 is 29.9 Å². The van der Waals surface area contributed by atoms with E-state index in [1.807, 2.05) is 36.2 Å². The van der Waals surface area contributed by atoms with E-state index in [1.165, 1.54) is 10.9 Å². The van der Waals surface area contributed by atoms with E-state index in [-0.39, 0.29) is 19.4 Å². The summed E-state index contributed by atoms with van der Waals surface area (Å²) >= 11 is 0. The Morgan fingerprint density at radius 1 is 1.07 bits per heavy atom. The molecule has 15 heteroatoms. The van der Waals surface area contributed by atoms with E-state index in [4.69, 9.17) is 33.9 Å². The van der Waals surface area contributed by atoms with Crippen molar-refractivity contribution in [1.82, 2.24) is 29.8 Å². The number of nitrogens with one attached hydrogen (secondary N) is 2. The third-order valence-electron chi connectivity index (χ3n) is 8.53. The van der Waals surface area contributed by atoms with Gasteiger partial charge in [-0.15, -0.1) is 0 Å². The highest BCUT2D eigenvalue weighted by Crippen LogP contribution is 2.33. The van der Waals surface area contributed by atoms with Gasteiger partial charge in [0.1, 0.15) is 41.2 Å². The Kier molecular flexibility index (Phi) is 8.17. The molecule has 0 unspecified atom stereocenters. The lowest BCUT2D eigenvalue weighted by molar-refractivity contribution is 0.0256. The number of nitrogens with zero attached hydrogens (tertiary/aromatic N) is 7. The predicted molar refractivity (Wildman–Crippen MR) is 168 cm³/mol. The summed E-state index contributed by atoms with van der Waals surface area (Å²) in [5, 5.41) is 6.30. The van der Waals surface area contributed by atoms with Gasteiger partial charge in [-0.05, 0) is 12.1 Å². The number of benzene rings is 1. The quantitative estimate of drug-likeness (QED) is 0.322. The highest BCUT2D eigenvalue weighted by molar-refractivity contribution is 5.95. The van der Waals surface area contributed by atoms with E-state index >= 15 is 0 Å². The number of aromatic nitrogens is 5. The summed E-state index contributed by atoms with van der Waals surface area (Å²) in [6, 6.07) is 8.34. The van der Waals surface area contributed by atoms with Crippen molar-refractivity contribution >= 4 is 40.5 Å². The van der Waals surface area contributed by atoms with Gasteiger partial charge in [0.2, 0.25) is 5.95 Å². The molecule has 0 spiro atoms. The number of pyridine rings is 1. The van der Waals surface area contributed by atoms with Crippen LogP contribution in [0.3, 0.4) is 0 Å². The predicted octanol–water partition coefficient (Wildman–Crippen LogP) is 3.41. The fourth-order valence-corrected chi connectivity index (χ4v) is 6.15. The first-order valence-corrected chi connectivity index (χ1v) is 15.2. The van der Waals surface area contributed by atoms with Crippen LogP contribution in [0.15, 0.2) is 36.7 Å². The Morgan fingerprint density at radius 2 is 1.89 bits per heavy atom. The summed E-state index contributed by atoms with van der Waals surface area (Å²) < 4.78 is 38.7. The van der Waals surface area contributed by atoms with E-state index < -0.39 is 24.3 Å². The Morgan fingerprint density at radius 3 is 2.70 bits per heavy atom. The van der Waals surface area contributed by atoms with Gasteiger partial charge in [-0.2, -0.15) is 4.98 Å². The largest absolute Gasteiger partial charge is 0.497 e. The Bertz CT molecular complexity index is 1750. The van der Waals surface area contributed by atoms with Gasteiger partial charge in [-0.1, -0.05) is 0 Å². The van der Waals surface area contributed by atoms with E-state index in [2.05, 4.69) is 20.5 Å². The molecular weight excluding hydrogens is 597 g/mol. The molecule has 242 valence electrons. The summed E-state index contributed by atoms with van der Waals surface area (Å²) in [5.74, 6) is 2.86. The van der Waals surface area contributed by atoms with Crippen LogP contribution in [0, 0.1) is 0 Å². The number of rotatable bonds is 6. The molecule has 14 nitrogen and oxygen atoms in total. The van der Waals surface area contributed by atoms with Crippen LogP contribution in [0.2, 0.25) is 0 Å². The number of morpholine rings is 1. The minimum atomic E-state index is -1.10. The molecule has 5 heterocycles. The maximum atomic E-state index is 14.7. The normalized spacial score (nSPS) is 21.3. The maximum absolute atomic E-state index is 14.7. The summed E-state index contributed by atoms with van der Waals surface area (Å²) in [4.78, 5) is 36.7. The van der Waals surface area contributed by atoms with Crippen LogP contribution in [-0.2, 0) is 22.6 Å². The molecule has 2 N–H and O–H groups in total. The van der Waals surface area contributed by atoms with Crippen molar-refractivity contribution in [2.75, 3.05) is 62.7 Å². The van der Waals surface area contributed by atoms with Crippen LogP contribution in [-0.4, -0.2) is 96.4 Å². The zero-order valence-corrected chi connectivity index (χ0v) is 25.9. The molecule has 0 radical (unpaired) electrons. The van der Waals surface area contributed by atoms with Crippen molar-refractivity contribution in [3.05, 3.63) is 47.9 Å². The van der Waals surface area contributed by atoms with Crippen LogP contribution in [0.1, 0.15) is 24.1 Å². The topological polar surface area (TPSA) is 141 Å². The van der Waals surface area contributed by atoms with Gasteiger partial charge in [-0.3, -0.25) is 0 Å². The number of imidazole rings is 1. The van der Waals surface area contributed by atoms with Crippen molar-refractivity contribution in [3.63, 3.8) is 0 Å². The van der Waals surface area contributed by atoms with Crippen LogP contribution in [0.4, 0.5) is 32.5 Å². The monoisotopic (exact) mass is 633 g/mol. The van der Waals surface area contributed by atoms with Gasteiger partial charge >= 0.3 is 6.03 Å². The van der Waals surface area contributed by atoms with Gasteiger partial charge in [0.25, 0.3) is 0 Å². The first kappa shape index (κ1) is 29.9. The second-order valence-electron chi connectivity index (χ2n) is 11.6. The number of fused-ring (bicyclic) bond motifs is 4. The summed E-state index contributed by atoms with van der Waals surface area (Å²) in [6.07, 6.45) is 0.130. The third kappa shape index (κ3) is 5.95. The molecule has 4 bridgehead atoms. The lowest BCUT2D eigenvalue weighted by Gasteiger charge is -2.28. The van der Waals surface area contributed by atoms with E-state index in [9.17, 15) is 9.18 Å². The lowest BCUT2D eigenvalue weighted by Crippen LogP contribution is -2.43. The SMILES string of the molecule is COc1ccc(CN(C)c2cc3nc4c2ncn4C(=O)N[C@@H]2C[C@@H](F)C[C@H]2OCc2cc(nc(N4CCOCC4)n2)N3)c(OC)c1. The Hall–Kier alpha value is -4.76. The molecule has 7 rings (SSSR count). The molecule has 3 atom stereocenters. The van der Waals surface area contributed by atoms with Crippen LogP contribution in [0.5, 0.6) is 11.5 Å². The van der Waals surface area contributed by atoms with Gasteiger partial charge in [0.05, 0.1) is 57.6 Å². The zero-order chi connectivity index (χ0) is 31.8. The standard InChI is InChI=1S/C31H36FN9O5/c1-39(15-18-4-5-21(43-2)13-24(18)44-3)23-14-27-36-26-12-20(34-30(38-26)40-6-8-45-9-7-40)16-46-25-11-19(32)10-22(25)35-31(42)41-17-33-28(23)29(41)37-27/h4-5,12-14,17,19,22,25H,6-11,15-16H2,1-3H3,(H,35,42)(H,34,36,37,38)/t19-,22-,25-/m1/s1. The summed E-state index contributed by atoms with van der Waals surface area (Å²) in [5.41, 5.74) is 3.12. The molecule has 46 heavy (non-hydrogen) atoms. The van der Waals surface area contributed by atoms with Gasteiger partial charge in [-0.25, -0.2) is 28.7 Å². The van der Waals surface area contributed by atoms with Crippen molar-refractivity contribution in [3.8, 4) is 11.5 Å². The number of hydrogen-bond donors (Lipinski definition) is 2. The minimum absolute atomic E-state index is 0.124. The first-order valence-electron chi connectivity index (χ1n) is 15.2. The molecular formula is C31H36FN9O5. The number of carbonyl (C=O) groups is 1. The number of alkyl halides is 1. The molecule has 3 aromatic heterocycles. The molecule has 1 saturated heterocycles. The first-order chi connectivity index (χ1) is 22.4. The van der Waals surface area contributed by atoms with Gasteiger partial charge in [0, 0.05) is 63.3 Å². The van der Waals surface area contributed by atoms with Crippen molar-refractivity contribution in [2.45, 2.75) is 44.3 Å². The van der Waals surface area contributed by atoms with E-state index in [0.717, 1.165) is 11.3 Å². The Labute approximate surface area is 264 Å². The van der Waals surface area contributed by atoms with Crippen molar-refractivity contribution in [1.29, 1.82) is 0 Å². The van der Waals surface area contributed by atoms with E-state index in [1.54, 1.807) is 20.3 Å². The van der Waals surface area contributed by atoms with Gasteiger partial charge in [0.15, 0.2) is 5.65 Å². The summed E-state index contributed by atoms with van der Waals surface area (Å²) in [6.45, 7) is 3.03. The average Bonchev–Trinajstić information content (AvgIpc) is 3.65. The fourth-order valence-electron chi connectivity index (χ4n) is 6.15. The molecule has 1 aromatic carbocycles. The number of anilines is 4. The van der Waals surface area contributed by atoms with Crippen molar-refractivity contribution < 1.29 is 28.1 Å². The zero-order valence-electron chi connectivity index (χ0n) is 25.9.